The van der Waals surface area contributed by atoms with E-state index >= 15 is 0 Å². The number of halogens is 1. The van der Waals surface area contributed by atoms with E-state index in [1.54, 1.807) is 12.3 Å². The Hall–Kier alpha value is -4.06. The highest BCUT2D eigenvalue weighted by molar-refractivity contribution is 6.03. The molecule has 0 fully saturated rings. The van der Waals surface area contributed by atoms with Crippen LogP contribution in [0.15, 0.2) is 97.2 Å². The molecule has 0 unspecified atom stereocenters. The Labute approximate surface area is 173 Å². The quantitative estimate of drug-likeness (QED) is 0.485. The van der Waals surface area contributed by atoms with Gasteiger partial charge in [-0.3, -0.25) is 4.79 Å². The van der Waals surface area contributed by atoms with Crippen molar-refractivity contribution in [3.05, 3.63) is 114 Å². The summed E-state index contributed by atoms with van der Waals surface area (Å²) < 4.78 is 13.1. The van der Waals surface area contributed by atoms with Gasteiger partial charge in [0.2, 0.25) is 5.95 Å². The number of hydrogen-bond acceptors (Lipinski definition) is 4. The van der Waals surface area contributed by atoms with Crippen LogP contribution >= 0.6 is 0 Å². The number of nitrogens with one attached hydrogen (secondary N) is 1. The van der Waals surface area contributed by atoms with Gasteiger partial charge in [0, 0.05) is 17.6 Å². The van der Waals surface area contributed by atoms with Gasteiger partial charge in [0.05, 0.1) is 6.54 Å². The topological polar surface area (TPSA) is 58.1 Å². The van der Waals surface area contributed by atoms with Gasteiger partial charge in [-0.1, -0.05) is 48.5 Å². The molecule has 5 nitrogen and oxygen atoms in total. The summed E-state index contributed by atoms with van der Waals surface area (Å²) in [4.78, 5) is 23.5. The molecule has 6 heteroatoms. The standard InChI is InChI=1S/C24H19FN4O/c25-19-11-13-20(14-12-19)27-23(30)22-15-16-26-24(28-22)29(21-9-5-2-6-10-21)17-18-7-3-1-4-8-18/h1-16H,17H2,(H,27,30). The van der Waals surface area contributed by atoms with Crippen LogP contribution in [0.2, 0.25) is 0 Å². The van der Waals surface area contributed by atoms with E-state index in [9.17, 15) is 9.18 Å². The molecule has 30 heavy (non-hydrogen) atoms. The molecule has 0 aliphatic carbocycles. The number of carbonyl (C=O) groups is 1. The summed E-state index contributed by atoms with van der Waals surface area (Å²) >= 11 is 0. The van der Waals surface area contributed by atoms with Crippen molar-refractivity contribution in [1.29, 1.82) is 0 Å². The van der Waals surface area contributed by atoms with Crippen LogP contribution in [0.4, 0.5) is 21.7 Å². The Morgan fingerprint density at radius 2 is 1.53 bits per heavy atom. The van der Waals surface area contributed by atoms with Crippen LogP contribution in [-0.2, 0) is 6.54 Å². The molecule has 1 amide bonds. The zero-order valence-corrected chi connectivity index (χ0v) is 16.1. The summed E-state index contributed by atoms with van der Waals surface area (Å²) in [5.74, 6) is -0.341. The van der Waals surface area contributed by atoms with Crippen LogP contribution in [0, 0.1) is 5.82 Å². The third kappa shape index (κ3) is 4.67. The van der Waals surface area contributed by atoms with E-state index in [2.05, 4.69) is 15.3 Å². The molecule has 0 aliphatic heterocycles. The van der Waals surface area contributed by atoms with E-state index in [1.807, 2.05) is 65.6 Å². The van der Waals surface area contributed by atoms with E-state index in [0.29, 0.717) is 18.2 Å². The largest absolute Gasteiger partial charge is 0.321 e. The molecule has 1 heterocycles. The maximum atomic E-state index is 13.1. The zero-order valence-electron chi connectivity index (χ0n) is 16.1. The van der Waals surface area contributed by atoms with Crippen LogP contribution < -0.4 is 10.2 Å². The number of hydrogen-bond donors (Lipinski definition) is 1. The predicted octanol–water partition coefficient (Wildman–Crippen LogP) is 5.21. The zero-order chi connectivity index (χ0) is 20.8. The number of benzene rings is 3. The van der Waals surface area contributed by atoms with Crippen molar-refractivity contribution >= 4 is 23.2 Å². The van der Waals surface area contributed by atoms with Crippen LogP contribution in [0.25, 0.3) is 0 Å². The van der Waals surface area contributed by atoms with Gasteiger partial charge in [0.1, 0.15) is 11.5 Å². The lowest BCUT2D eigenvalue weighted by Gasteiger charge is -2.23. The van der Waals surface area contributed by atoms with E-state index in [1.165, 1.54) is 24.3 Å². The second kappa shape index (κ2) is 8.96. The van der Waals surface area contributed by atoms with Crippen molar-refractivity contribution in [2.24, 2.45) is 0 Å². The first kappa shape index (κ1) is 19.3. The summed E-state index contributed by atoms with van der Waals surface area (Å²) in [7, 11) is 0. The molecule has 0 aliphatic rings. The summed E-state index contributed by atoms with van der Waals surface area (Å²) in [6, 6.07) is 26.9. The Bertz CT molecular complexity index is 1120. The van der Waals surface area contributed by atoms with Crippen molar-refractivity contribution < 1.29 is 9.18 Å². The van der Waals surface area contributed by atoms with Gasteiger partial charge in [0.25, 0.3) is 5.91 Å². The van der Waals surface area contributed by atoms with Crippen molar-refractivity contribution in [3.8, 4) is 0 Å². The monoisotopic (exact) mass is 398 g/mol. The molecule has 0 spiro atoms. The molecule has 0 saturated heterocycles. The van der Waals surface area contributed by atoms with Gasteiger partial charge >= 0.3 is 0 Å². The van der Waals surface area contributed by atoms with Crippen LogP contribution in [-0.4, -0.2) is 15.9 Å². The van der Waals surface area contributed by atoms with Crippen molar-refractivity contribution in [2.75, 3.05) is 10.2 Å². The number of rotatable bonds is 6. The molecule has 148 valence electrons. The first-order valence-electron chi connectivity index (χ1n) is 9.45. The molecule has 0 saturated carbocycles. The van der Waals surface area contributed by atoms with E-state index in [-0.39, 0.29) is 11.5 Å². The average Bonchev–Trinajstić information content (AvgIpc) is 2.80. The summed E-state index contributed by atoms with van der Waals surface area (Å²) in [6.45, 7) is 0.549. The van der Waals surface area contributed by atoms with E-state index in [0.717, 1.165) is 11.3 Å². The fourth-order valence-electron chi connectivity index (χ4n) is 2.98. The Kier molecular flexibility index (Phi) is 5.75. The number of amides is 1. The SMILES string of the molecule is O=C(Nc1ccc(F)cc1)c1ccnc(N(Cc2ccccc2)c2ccccc2)n1. The van der Waals surface area contributed by atoms with E-state index in [4.69, 9.17) is 0 Å². The minimum Gasteiger partial charge on any atom is -0.321 e. The van der Waals surface area contributed by atoms with Gasteiger partial charge in [-0.2, -0.15) is 0 Å². The Morgan fingerprint density at radius 3 is 2.23 bits per heavy atom. The molecule has 3 aromatic carbocycles. The molecule has 4 aromatic rings. The lowest BCUT2D eigenvalue weighted by Crippen LogP contribution is -2.21. The molecule has 0 bridgehead atoms. The van der Waals surface area contributed by atoms with Crippen LogP contribution in [0.5, 0.6) is 0 Å². The summed E-state index contributed by atoms with van der Waals surface area (Å²) in [6.07, 6.45) is 1.56. The molecule has 1 N–H and O–H groups in total. The highest BCUT2D eigenvalue weighted by atomic mass is 19.1. The molecular formula is C24H19FN4O. The first-order chi connectivity index (χ1) is 14.7. The lowest BCUT2D eigenvalue weighted by atomic mass is 10.2. The molecule has 0 atom stereocenters. The number of para-hydroxylation sites is 1. The number of anilines is 3. The minimum atomic E-state index is -0.391. The highest BCUT2D eigenvalue weighted by Gasteiger charge is 2.16. The molecule has 4 rings (SSSR count). The van der Waals surface area contributed by atoms with Crippen molar-refractivity contribution in [2.45, 2.75) is 6.54 Å². The van der Waals surface area contributed by atoms with Gasteiger partial charge in [-0.25, -0.2) is 14.4 Å². The molecule has 0 radical (unpaired) electrons. The lowest BCUT2D eigenvalue weighted by molar-refractivity contribution is 0.102. The van der Waals surface area contributed by atoms with Gasteiger partial charge in [0.15, 0.2) is 0 Å². The van der Waals surface area contributed by atoms with Gasteiger partial charge in [-0.15, -0.1) is 0 Å². The van der Waals surface area contributed by atoms with Crippen LogP contribution in [0.3, 0.4) is 0 Å². The number of aromatic nitrogens is 2. The summed E-state index contributed by atoms with van der Waals surface area (Å²) in [5.41, 5.74) is 2.72. The van der Waals surface area contributed by atoms with Gasteiger partial charge < -0.3 is 10.2 Å². The second-order valence-electron chi connectivity index (χ2n) is 6.61. The van der Waals surface area contributed by atoms with Crippen LogP contribution in [0.1, 0.15) is 16.1 Å². The number of carbonyl (C=O) groups excluding carboxylic acids is 1. The first-order valence-corrected chi connectivity index (χ1v) is 9.45. The Balaban J connectivity index is 1.63. The normalized spacial score (nSPS) is 10.4. The van der Waals surface area contributed by atoms with Crippen molar-refractivity contribution in [1.82, 2.24) is 9.97 Å². The third-order valence-electron chi connectivity index (χ3n) is 4.47. The maximum absolute atomic E-state index is 13.1. The smallest absolute Gasteiger partial charge is 0.274 e. The fourth-order valence-corrected chi connectivity index (χ4v) is 2.98. The van der Waals surface area contributed by atoms with Crippen molar-refractivity contribution in [3.63, 3.8) is 0 Å². The van der Waals surface area contributed by atoms with E-state index < -0.39 is 5.91 Å². The molecular weight excluding hydrogens is 379 g/mol. The Morgan fingerprint density at radius 1 is 0.867 bits per heavy atom. The fraction of sp³-hybridized carbons (Fsp3) is 0.0417. The summed E-state index contributed by atoms with van der Waals surface area (Å²) in [5, 5.41) is 2.73. The molecule has 1 aromatic heterocycles. The maximum Gasteiger partial charge on any atom is 0.274 e. The minimum absolute atomic E-state index is 0.221. The average molecular weight is 398 g/mol. The predicted molar refractivity (Wildman–Crippen MR) is 115 cm³/mol. The second-order valence-corrected chi connectivity index (χ2v) is 6.61. The highest BCUT2D eigenvalue weighted by Crippen LogP contribution is 2.24. The van der Waals surface area contributed by atoms with Gasteiger partial charge in [-0.05, 0) is 48.0 Å². The number of nitrogens with zero attached hydrogens (tertiary/aromatic N) is 3. The third-order valence-corrected chi connectivity index (χ3v) is 4.47.